The van der Waals surface area contributed by atoms with Crippen LogP contribution in [0.3, 0.4) is 0 Å². The summed E-state index contributed by atoms with van der Waals surface area (Å²) in [6, 6.07) is 9.89. The number of nitrogens with one attached hydrogen (secondary N) is 1. The largest absolute Gasteiger partial charge is 0.354 e. The van der Waals surface area contributed by atoms with Crippen molar-refractivity contribution < 1.29 is 13.3 Å². The van der Waals surface area contributed by atoms with Gasteiger partial charge in [0.15, 0.2) is 0 Å². The van der Waals surface area contributed by atoms with Gasteiger partial charge in [0.25, 0.3) is 5.69 Å². The minimum Gasteiger partial charge on any atom is -0.354 e. The lowest BCUT2D eigenvalue weighted by molar-refractivity contribution is -0.385. The van der Waals surface area contributed by atoms with Gasteiger partial charge >= 0.3 is 0 Å². The van der Waals surface area contributed by atoms with Gasteiger partial charge in [0, 0.05) is 22.8 Å². The number of halogens is 1. The standard InChI is InChI=1S/C12H10ClN3O4S/c13-8-1-3-9(4-2-8)15-11-6-5-10(16(17)18)7-12(11)21(14,19)20/h1-7,15H,(H2,14,19,20). The highest BCUT2D eigenvalue weighted by atomic mass is 35.5. The normalized spacial score (nSPS) is 11.1. The van der Waals surface area contributed by atoms with Crippen molar-refractivity contribution >= 4 is 38.7 Å². The Hall–Kier alpha value is -2.16. The maximum absolute atomic E-state index is 11.6. The van der Waals surface area contributed by atoms with Gasteiger partial charge in [-0.15, -0.1) is 0 Å². The van der Waals surface area contributed by atoms with Gasteiger partial charge in [-0.25, -0.2) is 13.6 Å². The lowest BCUT2D eigenvalue weighted by Gasteiger charge is -2.10. The number of benzene rings is 2. The molecule has 0 radical (unpaired) electrons. The molecule has 0 aliphatic heterocycles. The minimum absolute atomic E-state index is 0.144. The van der Waals surface area contributed by atoms with E-state index in [-0.39, 0.29) is 16.3 Å². The summed E-state index contributed by atoms with van der Waals surface area (Å²) >= 11 is 5.76. The molecular formula is C12H10ClN3O4S. The van der Waals surface area contributed by atoms with E-state index in [2.05, 4.69) is 5.32 Å². The molecule has 0 amide bonds. The van der Waals surface area contributed by atoms with Crippen molar-refractivity contribution in [1.82, 2.24) is 0 Å². The molecule has 2 rings (SSSR count). The Morgan fingerprint density at radius 1 is 1.14 bits per heavy atom. The molecule has 0 aliphatic rings. The molecular weight excluding hydrogens is 318 g/mol. The average molecular weight is 328 g/mol. The minimum atomic E-state index is -4.11. The van der Waals surface area contributed by atoms with Crippen molar-refractivity contribution in [2.24, 2.45) is 5.14 Å². The monoisotopic (exact) mass is 327 g/mol. The number of nitrogens with two attached hydrogens (primary N) is 1. The highest BCUT2D eigenvalue weighted by molar-refractivity contribution is 7.89. The number of nitro groups is 1. The van der Waals surface area contributed by atoms with Crippen molar-refractivity contribution in [3.8, 4) is 0 Å². The molecule has 0 bridgehead atoms. The first kappa shape index (κ1) is 15.2. The maximum Gasteiger partial charge on any atom is 0.270 e. The molecule has 7 nitrogen and oxygen atoms in total. The fraction of sp³-hybridized carbons (Fsp3) is 0. The Balaban J connectivity index is 2.48. The molecule has 2 aromatic carbocycles. The zero-order valence-electron chi connectivity index (χ0n) is 10.5. The van der Waals surface area contributed by atoms with Crippen LogP contribution in [0.2, 0.25) is 5.02 Å². The number of anilines is 2. The van der Waals surface area contributed by atoms with E-state index in [0.29, 0.717) is 10.7 Å². The van der Waals surface area contributed by atoms with Crippen LogP contribution in [0.15, 0.2) is 47.4 Å². The Bertz CT molecular complexity index is 791. The van der Waals surface area contributed by atoms with Gasteiger partial charge in [0.05, 0.1) is 10.6 Å². The predicted octanol–water partition coefficient (Wildman–Crippen LogP) is 2.64. The van der Waals surface area contributed by atoms with Gasteiger partial charge in [-0.3, -0.25) is 10.1 Å². The summed E-state index contributed by atoms with van der Waals surface area (Å²) in [6.07, 6.45) is 0. The first-order valence-electron chi connectivity index (χ1n) is 5.61. The molecule has 9 heteroatoms. The van der Waals surface area contributed by atoms with Gasteiger partial charge in [-0.05, 0) is 30.3 Å². The third-order valence-corrected chi connectivity index (χ3v) is 3.81. The summed E-state index contributed by atoms with van der Waals surface area (Å²) in [4.78, 5) is 9.67. The van der Waals surface area contributed by atoms with Gasteiger partial charge in [0.1, 0.15) is 4.90 Å². The smallest absolute Gasteiger partial charge is 0.270 e. The summed E-state index contributed by atoms with van der Waals surface area (Å²) < 4.78 is 23.1. The summed E-state index contributed by atoms with van der Waals surface area (Å²) in [5, 5.41) is 19.2. The van der Waals surface area contributed by atoms with E-state index in [0.717, 1.165) is 6.07 Å². The van der Waals surface area contributed by atoms with Gasteiger partial charge < -0.3 is 5.32 Å². The van der Waals surface area contributed by atoms with Gasteiger partial charge in [-0.2, -0.15) is 0 Å². The third-order valence-electron chi connectivity index (χ3n) is 2.61. The SMILES string of the molecule is NS(=O)(=O)c1cc([N+](=O)[O-])ccc1Nc1ccc(Cl)cc1. The number of nitro benzene ring substituents is 1. The van der Waals surface area contributed by atoms with E-state index in [1.807, 2.05) is 0 Å². The van der Waals surface area contributed by atoms with Gasteiger partial charge in [0.2, 0.25) is 10.0 Å². The zero-order chi connectivity index (χ0) is 15.6. The van der Waals surface area contributed by atoms with Crippen LogP contribution >= 0.6 is 11.6 Å². The fourth-order valence-electron chi connectivity index (χ4n) is 1.65. The van der Waals surface area contributed by atoms with Crippen LogP contribution in [0.5, 0.6) is 0 Å². The Morgan fingerprint density at radius 2 is 1.76 bits per heavy atom. The van der Waals surface area contributed by atoms with E-state index in [1.165, 1.54) is 12.1 Å². The molecule has 0 spiro atoms. The lowest BCUT2D eigenvalue weighted by Crippen LogP contribution is -2.14. The summed E-state index contributed by atoms with van der Waals surface area (Å²) in [6.45, 7) is 0. The molecule has 21 heavy (non-hydrogen) atoms. The Morgan fingerprint density at radius 3 is 2.29 bits per heavy atom. The van der Waals surface area contributed by atoms with Gasteiger partial charge in [-0.1, -0.05) is 11.6 Å². The van der Waals surface area contributed by atoms with Crippen LogP contribution in [0.4, 0.5) is 17.1 Å². The number of hydrogen-bond donors (Lipinski definition) is 2. The zero-order valence-corrected chi connectivity index (χ0v) is 12.1. The molecule has 0 heterocycles. The summed E-state index contributed by atoms with van der Waals surface area (Å²) in [5.74, 6) is 0. The number of rotatable bonds is 4. The highest BCUT2D eigenvalue weighted by Crippen LogP contribution is 2.28. The topological polar surface area (TPSA) is 115 Å². The van der Waals surface area contributed by atoms with Crippen molar-refractivity contribution in [2.75, 3.05) is 5.32 Å². The molecule has 0 atom stereocenters. The molecule has 110 valence electrons. The highest BCUT2D eigenvalue weighted by Gasteiger charge is 2.19. The van der Waals surface area contributed by atoms with E-state index >= 15 is 0 Å². The van der Waals surface area contributed by atoms with Crippen LogP contribution in [0.1, 0.15) is 0 Å². The summed E-state index contributed by atoms with van der Waals surface area (Å²) in [5.41, 5.74) is 0.351. The van der Waals surface area contributed by atoms with E-state index < -0.39 is 14.9 Å². The number of primary sulfonamides is 1. The molecule has 0 aromatic heterocycles. The molecule has 0 aliphatic carbocycles. The quantitative estimate of drug-likeness (QED) is 0.661. The molecule has 0 unspecified atom stereocenters. The number of nitrogens with zero attached hydrogens (tertiary/aromatic N) is 1. The molecule has 0 fully saturated rings. The molecule has 3 N–H and O–H groups in total. The second kappa shape index (κ2) is 5.68. The van der Waals surface area contributed by atoms with Crippen molar-refractivity contribution in [2.45, 2.75) is 4.90 Å². The molecule has 0 saturated heterocycles. The number of sulfonamides is 1. The second-order valence-electron chi connectivity index (χ2n) is 4.11. The van der Waals surface area contributed by atoms with E-state index in [1.54, 1.807) is 24.3 Å². The third kappa shape index (κ3) is 3.69. The Kier molecular flexibility index (Phi) is 4.12. The van der Waals surface area contributed by atoms with Crippen molar-refractivity contribution in [3.63, 3.8) is 0 Å². The molecule has 0 saturated carbocycles. The predicted molar refractivity (Wildman–Crippen MR) is 79.2 cm³/mol. The maximum atomic E-state index is 11.6. The van der Waals surface area contributed by atoms with Crippen LogP contribution in [-0.4, -0.2) is 13.3 Å². The fourth-order valence-corrected chi connectivity index (χ4v) is 2.49. The van der Waals surface area contributed by atoms with Crippen LogP contribution < -0.4 is 10.5 Å². The Labute approximate surface area is 125 Å². The van der Waals surface area contributed by atoms with E-state index in [4.69, 9.17) is 16.7 Å². The lowest BCUT2D eigenvalue weighted by atomic mass is 10.2. The summed E-state index contributed by atoms with van der Waals surface area (Å²) in [7, 11) is -4.11. The van der Waals surface area contributed by atoms with Crippen LogP contribution in [0, 0.1) is 10.1 Å². The van der Waals surface area contributed by atoms with Crippen molar-refractivity contribution in [1.29, 1.82) is 0 Å². The van der Waals surface area contributed by atoms with Crippen LogP contribution in [-0.2, 0) is 10.0 Å². The van der Waals surface area contributed by atoms with Crippen molar-refractivity contribution in [3.05, 3.63) is 57.6 Å². The first-order valence-corrected chi connectivity index (χ1v) is 7.53. The first-order chi connectivity index (χ1) is 9.77. The number of hydrogen-bond acceptors (Lipinski definition) is 5. The number of non-ortho nitro benzene ring substituents is 1. The molecule has 2 aromatic rings. The van der Waals surface area contributed by atoms with E-state index in [9.17, 15) is 18.5 Å². The second-order valence-corrected chi connectivity index (χ2v) is 6.08. The van der Waals surface area contributed by atoms with Crippen LogP contribution in [0.25, 0.3) is 0 Å². The average Bonchev–Trinajstić information content (AvgIpc) is 2.40.